The van der Waals surface area contributed by atoms with Gasteiger partial charge in [0.05, 0.1) is 29.1 Å². The zero-order chi connectivity index (χ0) is 22.5. The van der Waals surface area contributed by atoms with Crippen molar-refractivity contribution in [1.29, 1.82) is 0 Å². The third-order valence-electron chi connectivity index (χ3n) is 6.72. The van der Waals surface area contributed by atoms with Crippen LogP contribution in [0.5, 0.6) is 5.75 Å². The van der Waals surface area contributed by atoms with Gasteiger partial charge in [0.25, 0.3) is 5.56 Å². The monoisotopic (exact) mass is 439 g/mol. The molecule has 2 aromatic carbocycles. The van der Waals surface area contributed by atoms with Crippen molar-refractivity contribution in [3.63, 3.8) is 0 Å². The minimum atomic E-state index is -0.144. The number of methoxy groups -OCH3 is 1. The third kappa shape index (κ3) is 3.15. The number of aromatic nitrogens is 4. The van der Waals surface area contributed by atoms with Gasteiger partial charge in [0.15, 0.2) is 5.65 Å². The molecular formula is C26H25N5O2. The summed E-state index contributed by atoms with van der Waals surface area (Å²) in [5, 5.41) is 10.9. The van der Waals surface area contributed by atoms with Gasteiger partial charge < -0.3 is 14.6 Å². The molecule has 1 aliphatic rings. The molecular weight excluding hydrogens is 414 g/mol. The van der Waals surface area contributed by atoms with Gasteiger partial charge in [-0.3, -0.25) is 9.89 Å². The number of H-pyrrole nitrogens is 2. The predicted octanol–water partition coefficient (Wildman–Crippen LogP) is 4.93. The van der Waals surface area contributed by atoms with Crippen LogP contribution in [0.3, 0.4) is 0 Å². The Morgan fingerprint density at radius 1 is 0.970 bits per heavy atom. The summed E-state index contributed by atoms with van der Waals surface area (Å²) in [6.45, 7) is 4.08. The lowest BCUT2D eigenvalue weighted by atomic mass is 9.98. The molecule has 0 atom stereocenters. The Morgan fingerprint density at radius 3 is 2.52 bits per heavy atom. The smallest absolute Gasteiger partial charge is 0.258 e. The van der Waals surface area contributed by atoms with Gasteiger partial charge in [0.2, 0.25) is 0 Å². The maximum absolute atomic E-state index is 13.5. The first-order valence-electron chi connectivity index (χ1n) is 11.4. The van der Waals surface area contributed by atoms with E-state index in [1.54, 1.807) is 7.11 Å². The van der Waals surface area contributed by atoms with Gasteiger partial charge in [-0.2, -0.15) is 5.10 Å². The van der Waals surface area contributed by atoms with Gasteiger partial charge in [-0.15, -0.1) is 0 Å². The molecule has 0 unspecified atom stereocenters. The second kappa shape index (κ2) is 7.62. The molecule has 3 aromatic heterocycles. The molecule has 7 nitrogen and oxygen atoms in total. The number of rotatable bonds is 3. The Bertz CT molecular complexity index is 1560. The quantitative estimate of drug-likeness (QED) is 0.390. The van der Waals surface area contributed by atoms with Crippen LogP contribution < -0.4 is 15.2 Å². The Kier molecular flexibility index (Phi) is 4.57. The fourth-order valence-electron chi connectivity index (χ4n) is 5.04. The van der Waals surface area contributed by atoms with Gasteiger partial charge in [0.1, 0.15) is 5.75 Å². The number of anilines is 1. The lowest BCUT2D eigenvalue weighted by Crippen LogP contribution is -2.29. The average Bonchev–Trinajstić information content (AvgIpc) is 3.24. The number of benzene rings is 2. The number of hydrogen-bond donors (Lipinski definition) is 2. The third-order valence-corrected chi connectivity index (χ3v) is 6.72. The number of ether oxygens (including phenoxy) is 1. The molecule has 0 aliphatic carbocycles. The fraction of sp³-hybridized carbons (Fsp3) is 0.269. The number of aryl methyl sites for hydroxylation is 1. The molecule has 5 aromatic rings. The van der Waals surface area contributed by atoms with Crippen LogP contribution >= 0.6 is 0 Å². The number of nitrogens with one attached hydrogen (secondary N) is 2. The topological polar surface area (TPSA) is 86.9 Å². The van der Waals surface area contributed by atoms with E-state index in [2.05, 4.69) is 38.3 Å². The fourth-order valence-corrected chi connectivity index (χ4v) is 5.04. The molecule has 7 heteroatoms. The van der Waals surface area contributed by atoms with E-state index in [0.29, 0.717) is 16.7 Å². The molecule has 33 heavy (non-hydrogen) atoms. The molecule has 1 fully saturated rings. The summed E-state index contributed by atoms with van der Waals surface area (Å²) in [6, 6.07) is 14.0. The van der Waals surface area contributed by atoms with Crippen LogP contribution in [0.25, 0.3) is 44.0 Å². The van der Waals surface area contributed by atoms with Crippen LogP contribution in [0.1, 0.15) is 25.0 Å². The van der Waals surface area contributed by atoms with Crippen LogP contribution in [0, 0.1) is 6.92 Å². The van der Waals surface area contributed by atoms with E-state index in [1.165, 1.54) is 19.3 Å². The van der Waals surface area contributed by atoms with Gasteiger partial charge in [-0.05, 0) is 62.6 Å². The molecule has 2 N–H and O–H groups in total. The molecule has 0 saturated carbocycles. The lowest BCUT2D eigenvalue weighted by Gasteiger charge is -2.29. The lowest BCUT2D eigenvalue weighted by molar-refractivity contribution is 0.415. The molecule has 1 saturated heterocycles. The number of aromatic amines is 2. The van der Waals surface area contributed by atoms with Crippen LogP contribution in [-0.4, -0.2) is 40.4 Å². The van der Waals surface area contributed by atoms with Crippen molar-refractivity contribution in [2.45, 2.75) is 26.2 Å². The van der Waals surface area contributed by atoms with E-state index in [0.717, 1.165) is 57.5 Å². The van der Waals surface area contributed by atoms with Crippen molar-refractivity contribution in [2.75, 3.05) is 25.1 Å². The standard InChI is InChI=1S/C26H25N5O2/c1-15-21-22-19-11-8-17(31-12-4-3-5-13-31)14-20(19)27-26(32)23(22)24(28-25(21)30-29-15)16-6-9-18(33-2)10-7-16/h6-11,14H,3-5,12-13H2,1-2H3,(H,27,32)(H,28,29,30). The molecule has 6 rings (SSSR count). The van der Waals surface area contributed by atoms with Gasteiger partial charge in [-0.1, -0.05) is 6.07 Å². The first-order chi connectivity index (χ1) is 16.1. The number of piperidine rings is 1. The van der Waals surface area contributed by atoms with Crippen molar-refractivity contribution < 1.29 is 4.74 Å². The van der Waals surface area contributed by atoms with Gasteiger partial charge in [0, 0.05) is 40.8 Å². The average molecular weight is 440 g/mol. The largest absolute Gasteiger partial charge is 0.497 e. The second-order valence-corrected chi connectivity index (χ2v) is 8.72. The maximum Gasteiger partial charge on any atom is 0.258 e. The molecule has 0 radical (unpaired) electrons. The number of hydrogen-bond acceptors (Lipinski definition) is 5. The summed E-state index contributed by atoms with van der Waals surface area (Å²) in [5.41, 5.74) is 4.82. The second-order valence-electron chi connectivity index (χ2n) is 8.72. The van der Waals surface area contributed by atoms with Crippen molar-refractivity contribution in [2.24, 2.45) is 0 Å². The van der Waals surface area contributed by atoms with Crippen molar-refractivity contribution in [1.82, 2.24) is 20.2 Å². The SMILES string of the molecule is COc1ccc(-c2nc3n[nH]c(C)c3c3c2c(=O)[nH]c2cc(N4CCCCC4)ccc23)cc1. The van der Waals surface area contributed by atoms with E-state index in [-0.39, 0.29) is 5.56 Å². The molecule has 0 spiro atoms. The highest BCUT2D eigenvalue weighted by Crippen LogP contribution is 2.36. The molecule has 0 bridgehead atoms. The van der Waals surface area contributed by atoms with E-state index in [9.17, 15) is 4.79 Å². The van der Waals surface area contributed by atoms with Crippen molar-refractivity contribution in [3.8, 4) is 17.0 Å². The summed E-state index contributed by atoms with van der Waals surface area (Å²) < 4.78 is 5.30. The van der Waals surface area contributed by atoms with E-state index in [1.807, 2.05) is 31.2 Å². The number of pyridine rings is 2. The summed E-state index contributed by atoms with van der Waals surface area (Å²) >= 11 is 0. The summed E-state index contributed by atoms with van der Waals surface area (Å²) in [5.74, 6) is 0.754. The Balaban J connectivity index is 1.67. The van der Waals surface area contributed by atoms with E-state index in [4.69, 9.17) is 9.72 Å². The van der Waals surface area contributed by atoms with Crippen LogP contribution in [0.4, 0.5) is 5.69 Å². The zero-order valence-corrected chi connectivity index (χ0v) is 18.7. The first-order valence-corrected chi connectivity index (χ1v) is 11.4. The molecule has 0 amide bonds. The summed E-state index contributed by atoms with van der Waals surface area (Å²) in [4.78, 5) is 23.9. The number of nitrogens with zero attached hydrogens (tertiary/aromatic N) is 3. The molecule has 4 heterocycles. The molecule has 166 valence electrons. The van der Waals surface area contributed by atoms with Crippen LogP contribution in [0.15, 0.2) is 47.3 Å². The van der Waals surface area contributed by atoms with Gasteiger partial charge in [-0.25, -0.2) is 4.98 Å². The minimum Gasteiger partial charge on any atom is -0.497 e. The highest BCUT2D eigenvalue weighted by molar-refractivity contribution is 6.21. The predicted molar refractivity (Wildman–Crippen MR) is 132 cm³/mol. The van der Waals surface area contributed by atoms with Gasteiger partial charge >= 0.3 is 0 Å². The highest BCUT2D eigenvalue weighted by atomic mass is 16.5. The van der Waals surface area contributed by atoms with Crippen molar-refractivity contribution in [3.05, 3.63) is 58.5 Å². The summed E-state index contributed by atoms with van der Waals surface area (Å²) in [6.07, 6.45) is 3.69. The van der Waals surface area contributed by atoms with Crippen LogP contribution in [0.2, 0.25) is 0 Å². The Labute approximate surface area is 190 Å². The highest BCUT2D eigenvalue weighted by Gasteiger charge is 2.20. The first kappa shape index (κ1) is 19.8. The summed E-state index contributed by atoms with van der Waals surface area (Å²) in [7, 11) is 1.64. The molecule has 1 aliphatic heterocycles. The van der Waals surface area contributed by atoms with E-state index < -0.39 is 0 Å². The number of fused-ring (bicyclic) bond motifs is 5. The van der Waals surface area contributed by atoms with Crippen LogP contribution in [-0.2, 0) is 0 Å². The zero-order valence-electron chi connectivity index (χ0n) is 18.7. The Hall–Kier alpha value is -3.87. The maximum atomic E-state index is 13.5. The van der Waals surface area contributed by atoms with E-state index >= 15 is 0 Å². The normalized spacial score (nSPS) is 14.4. The Morgan fingerprint density at radius 2 is 1.76 bits per heavy atom. The minimum absolute atomic E-state index is 0.144. The van der Waals surface area contributed by atoms with Crippen molar-refractivity contribution >= 4 is 38.4 Å².